The van der Waals surface area contributed by atoms with Crippen molar-refractivity contribution in [3.8, 4) is 11.5 Å². The van der Waals surface area contributed by atoms with Crippen molar-refractivity contribution in [3.05, 3.63) is 54.1 Å². The molecule has 26 heavy (non-hydrogen) atoms. The molecule has 1 heterocycles. The molecule has 1 amide bonds. The van der Waals surface area contributed by atoms with Crippen LogP contribution in [-0.2, 0) is 14.3 Å². The number of esters is 1. The van der Waals surface area contributed by atoms with Crippen LogP contribution in [0.3, 0.4) is 0 Å². The van der Waals surface area contributed by atoms with Crippen molar-refractivity contribution in [2.75, 3.05) is 18.5 Å². The second kappa shape index (κ2) is 7.69. The van der Waals surface area contributed by atoms with Gasteiger partial charge in [-0.2, -0.15) is 0 Å². The molecule has 0 bridgehead atoms. The largest absolute Gasteiger partial charge is 0.485 e. The van der Waals surface area contributed by atoms with Gasteiger partial charge in [0.05, 0.1) is 0 Å². The Labute approximate surface area is 149 Å². The van der Waals surface area contributed by atoms with Gasteiger partial charge in [0, 0.05) is 11.3 Å². The van der Waals surface area contributed by atoms with E-state index in [-0.39, 0.29) is 12.4 Å². The topological polar surface area (TPSA) is 90.9 Å². The molecule has 0 aromatic heterocycles. The lowest BCUT2D eigenvalue weighted by Gasteiger charge is -2.24. The lowest BCUT2D eigenvalue weighted by molar-refractivity contribution is -0.156. The fourth-order valence-electron chi connectivity index (χ4n) is 2.38. The molecule has 0 unspecified atom stereocenters. The van der Waals surface area contributed by atoms with E-state index in [1.807, 2.05) is 0 Å². The highest BCUT2D eigenvalue weighted by atomic mass is 16.6. The van der Waals surface area contributed by atoms with Crippen LogP contribution in [0.15, 0.2) is 48.5 Å². The Morgan fingerprint density at radius 2 is 1.88 bits per heavy atom. The molecule has 7 heteroatoms. The van der Waals surface area contributed by atoms with E-state index in [0.717, 1.165) is 0 Å². The number of carbonyl (C=O) groups is 3. The summed E-state index contributed by atoms with van der Waals surface area (Å²) in [5, 5.41) is 2.57. The Bertz CT molecular complexity index is 847. The van der Waals surface area contributed by atoms with Crippen molar-refractivity contribution in [2.45, 2.75) is 13.0 Å². The molecule has 0 fully saturated rings. The van der Waals surface area contributed by atoms with Crippen molar-refractivity contribution < 1.29 is 28.6 Å². The zero-order valence-electron chi connectivity index (χ0n) is 14.1. The molecule has 7 nitrogen and oxygen atoms in total. The molecule has 1 aliphatic rings. The van der Waals surface area contributed by atoms with Gasteiger partial charge < -0.3 is 19.5 Å². The van der Waals surface area contributed by atoms with Gasteiger partial charge in [-0.3, -0.25) is 9.59 Å². The third-order valence-corrected chi connectivity index (χ3v) is 3.67. The number of rotatable bonds is 5. The Morgan fingerprint density at radius 1 is 1.12 bits per heavy atom. The summed E-state index contributed by atoms with van der Waals surface area (Å²) in [5.74, 6) is -0.309. The smallest absolute Gasteiger partial charge is 0.351 e. The third kappa shape index (κ3) is 4.18. The second-order valence-electron chi connectivity index (χ2n) is 5.66. The number of hydrogen-bond donors (Lipinski definition) is 1. The van der Waals surface area contributed by atoms with Crippen LogP contribution in [0.2, 0.25) is 0 Å². The van der Waals surface area contributed by atoms with Gasteiger partial charge in [-0.25, -0.2) is 4.79 Å². The van der Waals surface area contributed by atoms with Gasteiger partial charge >= 0.3 is 5.97 Å². The van der Waals surface area contributed by atoms with Crippen LogP contribution in [0, 0.1) is 0 Å². The number of fused-ring (bicyclic) bond motifs is 1. The van der Waals surface area contributed by atoms with E-state index in [0.29, 0.717) is 22.7 Å². The zero-order valence-corrected chi connectivity index (χ0v) is 14.1. The predicted molar refractivity (Wildman–Crippen MR) is 92.4 cm³/mol. The van der Waals surface area contributed by atoms with Crippen LogP contribution >= 0.6 is 0 Å². The average molecular weight is 355 g/mol. The maximum atomic E-state index is 12.1. The molecular weight excluding hydrogens is 338 g/mol. The summed E-state index contributed by atoms with van der Waals surface area (Å²) in [6.45, 7) is 0.982. The minimum atomic E-state index is -0.932. The normalized spacial score (nSPS) is 15.0. The van der Waals surface area contributed by atoms with E-state index < -0.39 is 24.6 Å². The molecule has 0 aliphatic carbocycles. The summed E-state index contributed by atoms with van der Waals surface area (Å²) in [4.78, 5) is 35.3. The van der Waals surface area contributed by atoms with Crippen LogP contribution < -0.4 is 14.8 Å². The van der Waals surface area contributed by atoms with Crippen LogP contribution in [0.4, 0.5) is 5.69 Å². The van der Waals surface area contributed by atoms with Gasteiger partial charge in [-0.1, -0.05) is 24.3 Å². The van der Waals surface area contributed by atoms with E-state index in [9.17, 15) is 14.4 Å². The third-order valence-electron chi connectivity index (χ3n) is 3.67. The summed E-state index contributed by atoms with van der Waals surface area (Å²) in [5.41, 5.74) is 0.927. The molecule has 2 aromatic carbocycles. The van der Waals surface area contributed by atoms with Crippen LogP contribution in [0.1, 0.15) is 17.3 Å². The number of ketones is 1. The first-order valence-corrected chi connectivity index (χ1v) is 7.99. The number of benzene rings is 2. The number of nitrogens with one attached hydrogen (secondary N) is 1. The average Bonchev–Trinajstić information content (AvgIpc) is 2.66. The molecular formula is C19H17NO6. The highest BCUT2D eigenvalue weighted by Crippen LogP contribution is 2.31. The van der Waals surface area contributed by atoms with Gasteiger partial charge in [0.15, 0.2) is 23.9 Å². The van der Waals surface area contributed by atoms with Crippen LogP contribution in [-0.4, -0.2) is 37.0 Å². The molecule has 1 aliphatic heterocycles. The monoisotopic (exact) mass is 355 g/mol. The molecule has 0 spiro atoms. The molecule has 3 rings (SSSR count). The van der Waals surface area contributed by atoms with E-state index in [2.05, 4.69) is 5.32 Å². The number of amides is 1. The number of carbonyl (C=O) groups excluding carboxylic acids is 3. The SMILES string of the molecule is CC(=O)c1cccc(NC(=O)COC(=O)[C@H]2COc3ccccc3O2)c1. The van der Waals surface area contributed by atoms with Gasteiger partial charge in [-0.15, -0.1) is 0 Å². The van der Waals surface area contributed by atoms with Crippen molar-refractivity contribution in [1.29, 1.82) is 0 Å². The maximum absolute atomic E-state index is 12.1. The first-order valence-electron chi connectivity index (χ1n) is 7.99. The Morgan fingerprint density at radius 3 is 2.65 bits per heavy atom. The summed E-state index contributed by atoms with van der Waals surface area (Å²) < 4.78 is 15.9. The van der Waals surface area contributed by atoms with E-state index in [1.54, 1.807) is 48.5 Å². The van der Waals surface area contributed by atoms with Crippen LogP contribution in [0.5, 0.6) is 11.5 Å². The second-order valence-corrected chi connectivity index (χ2v) is 5.66. The molecule has 2 aromatic rings. The fourth-order valence-corrected chi connectivity index (χ4v) is 2.38. The molecule has 134 valence electrons. The summed E-state index contributed by atoms with van der Waals surface area (Å²) >= 11 is 0. The highest BCUT2D eigenvalue weighted by Gasteiger charge is 2.29. The molecule has 1 atom stereocenters. The van der Waals surface area contributed by atoms with E-state index >= 15 is 0 Å². The number of hydrogen-bond acceptors (Lipinski definition) is 6. The van der Waals surface area contributed by atoms with Crippen LogP contribution in [0.25, 0.3) is 0 Å². The molecule has 0 radical (unpaired) electrons. The standard InChI is InChI=1S/C19H17NO6/c1-12(21)13-5-4-6-14(9-13)20-18(22)11-25-19(23)17-10-24-15-7-2-3-8-16(15)26-17/h2-9,17H,10-11H2,1H3,(H,20,22)/t17-/m1/s1. The van der Waals surface area contributed by atoms with E-state index in [4.69, 9.17) is 14.2 Å². The zero-order chi connectivity index (χ0) is 18.5. The maximum Gasteiger partial charge on any atom is 0.351 e. The lowest BCUT2D eigenvalue weighted by Crippen LogP contribution is -2.39. The first kappa shape index (κ1) is 17.5. The number of para-hydroxylation sites is 2. The van der Waals surface area contributed by atoms with Gasteiger partial charge in [0.1, 0.15) is 6.61 Å². The predicted octanol–water partition coefficient (Wildman–Crippen LogP) is 2.21. The quantitative estimate of drug-likeness (QED) is 0.653. The number of anilines is 1. The van der Waals surface area contributed by atoms with Crippen molar-refractivity contribution >= 4 is 23.3 Å². The molecule has 0 saturated carbocycles. The first-order chi connectivity index (χ1) is 12.5. The molecule has 1 N–H and O–H groups in total. The van der Waals surface area contributed by atoms with Gasteiger partial charge in [-0.05, 0) is 31.2 Å². The van der Waals surface area contributed by atoms with Crippen molar-refractivity contribution in [2.24, 2.45) is 0 Å². The summed E-state index contributed by atoms with van der Waals surface area (Å²) in [6.07, 6.45) is -0.932. The van der Waals surface area contributed by atoms with Gasteiger partial charge in [0.25, 0.3) is 5.91 Å². The highest BCUT2D eigenvalue weighted by molar-refractivity contribution is 5.97. The number of Topliss-reactive ketones (excluding diaryl/α,β-unsaturated/α-hetero) is 1. The van der Waals surface area contributed by atoms with Crippen molar-refractivity contribution in [3.63, 3.8) is 0 Å². The minimum Gasteiger partial charge on any atom is -0.485 e. The lowest BCUT2D eigenvalue weighted by atomic mass is 10.1. The van der Waals surface area contributed by atoms with Crippen molar-refractivity contribution in [1.82, 2.24) is 0 Å². The van der Waals surface area contributed by atoms with E-state index in [1.165, 1.54) is 6.92 Å². The van der Waals surface area contributed by atoms with Gasteiger partial charge in [0.2, 0.25) is 6.10 Å². The summed E-state index contributed by atoms with van der Waals surface area (Å²) in [7, 11) is 0. The summed E-state index contributed by atoms with van der Waals surface area (Å²) in [6, 6.07) is 13.5. The Hall–Kier alpha value is -3.35. The molecule has 0 saturated heterocycles. The number of ether oxygens (including phenoxy) is 3. The fraction of sp³-hybridized carbons (Fsp3) is 0.211. The minimum absolute atomic E-state index is 0.0120. The Kier molecular flexibility index (Phi) is 5.17. The Balaban J connectivity index is 1.51.